The van der Waals surface area contributed by atoms with Crippen LogP contribution in [0, 0.1) is 5.41 Å². The second kappa shape index (κ2) is 7.46. The van der Waals surface area contributed by atoms with Crippen molar-refractivity contribution in [1.82, 2.24) is 4.90 Å². The fourth-order valence-corrected chi connectivity index (χ4v) is 2.79. The third kappa shape index (κ3) is 5.25. The molecule has 0 amide bonds. The molecule has 3 heteroatoms. The summed E-state index contributed by atoms with van der Waals surface area (Å²) in [6, 6.07) is 0.917. The maximum Gasteiger partial charge on any atom is 0.0558 e. The normalized spacial score (nSPS) is 20.3. The lowest BCUT2D eigenvalue weighted by Gasteiger charge is -2.36. The standard InChI is InChI=1S/C15H32N2O/c1-15(2,3)14(16)9-10-17(11-12-18)13-7-5-4-6-8-13/h13-14,18H,4-12,16H2,1-3H3. The average molecular weight is 256 g/mol. The maximum absolute atomic E-state index is 9.22. The highest BCUT2D eigenvalue weighted by Gasteiger charge is 2.24. The maximum atomic E-state index is 9.22. The van der Waals surface area contributed by atoms with Gasteiger partial charge in [-0.3, -0.25) is 4.90 Å². The number of rotatable bonds is 6. The number of aliphatic hydroxyl groups excluding tert-OH is 1. The van der Waals surface area contributed by atoms with Crippen LogP contribution in [0.15, 0.2) is 0 Å². The quantitative estimate of drug-likeness (QED) is 0.767. The molecule has 1 atom stereocenters. The summed E-state index contributed by atoms with van der Waals surface area (Å²) < 4.78 is 0. The van der Waals surface area contributed by atoms with Crippen molar-refractivity contribution in [1.29, 1.82) is 0 Å². The van der Waals surface area contributed by atoms with Crippen molar-refractivity contribution in [3.63, 3.8) is 0 Å². The largest absolute Gasteiger partial charge is 0.395 e. The molecular weight excluding hydrogens is 224 g/mol. The minimum atomic E-state index is 0.178. The van der Waals surface area contributed by atoms with Gasteiger partial charge in [0.15, 0.2) is 0 Å². The second-order valence-corrected chi connectivity index (χ2v) is 6.81. The molecule has 3 N–H and O–H groups in total. The molecule has 0 bridgehead atoms. The van der Waals surface area contributed by atoms with E-state index in [1.807, 2.05) is 0 Å². The summed E-state index contributed by atoms with van der Waals surface area (Å²) in [6.45, 7) is 8.71. The molecule has 1 fully saturated rings. The van der Waals surface area contributed by atoms with E-state index in [-0.39, 0.29) is 18.1 Å². The summed E-state index contributed by atoms with van der Waals surface area (Å²) >= 11 is 0. The van der Waals surface area contributed by atoms with Crippen LogP contribution < -0.4 is 5.73 Å². The van der Waals surface area contributed by atoms with E-state index in [9.17, 15) is 5.11 Å². The molecule has 0 aromatic carbocycles. The molecular formula is C15H32N2O. The van der Waals surface area contributed by atoms with Crippen molar-refractivity contribution in [2.24, 2.45) is 11.1 Å². The molecule has 1 unspecified atom stereocenters. The Hall–Kier alpha value is -0.120. The van der Waals surface area contributed by atoms with Crippen molar-refractivity contribution < 1.29 is 5.11 Å². The average Bonchev–Trinajstić information content (AvgIpc) is 2.34. The predicted octanol–water partition coefficient (Wildman–Crippen LogP) is 2.38. The zero-order chi connectivity index (χ0) is 13.6. The summed E-state index contributed by atoms with van der Waals surface area (Å²) in [4.78, 5) is 2.46. The first-order valence-electron chi connectivity index (χ1n) is 7.55. The van der Waals surface area contributed by atoms with Gasteiger partial charge in [0.2, 0.25) is 0 Å². The molecule has 108 valence electrons. The van der Waals surface area contributed by atoms with Crippen LogP contribution in [0.5, 0.6) is 0 Å². The first kappa shape index (κ1) is 15.9. The highest BCUT2D eigenvalue weighted by Crippen LogP contribution is 2.24. The fourth-order valence-electron chi connectivity index (χ4n) is 2.79. The first-order chi connectivity index (χ1) is 8.45. The van der Waals surface area contributed by atoms with E-state index in [2.05, 4.69) is 25.7 Å². The molecule has 1 aliphatic rings. The van der Waals surface area contributed by atoms with Crippen LogP contribution in [0.1, 0.15) is 59.3 Å². The molecule has 18 heavy (non-hydrogen) atoms. The summed E-state index contributed by atoms with van der Waals surface area (Å²) in [7, 11) is 0. The van der Waals surface area contributed by atoms with E-state index in [0.717, 1.165) is 19.5 Å². The topological polar surface area (TPSA) is 49.5 Å². The lowest BCUT2D eigenvalue weighted by Crippen LogP contribution is -2.43. The molecule has 3 nitrogen and oxygen atoms in total. The van der Waals surface area contributed by atoms with Gasteiger partial charge < -0.3 is 10.8 Å². The van der Waals surface area contributed by atoms with Crippen LogP contribution in [0.2, 0.25) is 0 Å². The van der Waals surface area contributed by atoms with Gasteiger partial charge in [-0.25, -0.2) is 0 Å². The fraction of sp³-hybridized carbons (Fsp3) is 1.00. The molecule has 0 radical (unpaired) electrons. The van der Waals surface area contributed by atoms with Gasteiger partial charge in [-0.05, 0) is 24.7 Å². The molecule has 0 aromatic rings. The minimum absolute atomic E-state index is 0.178. The monoisotopic (exact) mass is 256 g/mol. The Morgan fingerprint density at radius 1 is 1.17 bits per heavy atom. The third-order valence-electron chi connectivity index (χ3n) is 4.32. The van der Waals surface area contributed by atoms with Crippen LogP contribution in [0.4, 0.5) is 0 Å². The van der Waals surface area contributed by atoms with Crippen molar-refractivity contribution in [2.75, 3.05) is 19.7 Å². The van der Waals surface area contributed by atoms with E-state index < -0.39 is 0 Å². The molecule has 0 aromatic heterocycles. The summed E-state index contributed by atoms with van der Waals surface area (Å²) in [5.74, 6) is 0. The van der Waals surface area contributed by atoms with Crippen molar-refractivity contribution >= 4 is 0 Å². The van der Waals surface area contributed by atoms with E-state index in [1.54, 1.807) is 0 Å². The zero-order valence-corrected chi connectivity index (χ0v) is 12.5. The van der Waals surface area contributed by atoms with Crippen LogP contribution in [-0.2, 0) is 0 Å². The molecule has 0 aliphatic heterocycles. The van der Waals surface area contributed by atoms with Gasteiger partial charge in [0.25, 0.3) is 0 Å². The number of hydrogen-bond acceptors (Lipinski definition) is 3. The van der Waals surface area contributed by atoms with Crippen molar-refractivity contribution in [3.05, 3.63) is 0 Å². The van der Waals surface area contributed by atoms with E-state index in [1.165, 1.54) is 32.1 Å². The molecule has 1 rings (SSSR count). The minimum Gasteiger partial charge on any atom is -0.395 e. The van der Waals surface area contributed by atoms with E-state index in [4.69, 9.17) is 5.73 Å². The number of hydrogen-bond donors (Lipinski definition) is 2. The van der Waals surface area contributed by atoms with Crippen LogP contribution >= 0.6 is 0 Å². The smallest absolute Gasteiger partial charge is 0.0558 e. The zero-order valence-electron chi connectivity index (χ0n) is 12.5. The first-order valence-corrected chi connectivity index (χ1v) is 7.55. The molecule has 1 saturated carbocycles. The van der Waals surface area contributed by atoms with Gasteiger partial charge in [0.1, 0.15) is 0 Å². The SMILES string of the molecule is CC(C)(C)C(N)CCN(CCO)C1CCCCC1. The van der Waals surface area contributed by atoms with Crippen molar-refractivity contribution in [3.8, 4) is 0 Å². The van der Waals surface area contributed by atoms with Crippen LogP contribution in [0.3, 0.4) is 0 Å². The van der Waals surface area contributed by atoms with Crippen molar-refractivity contribution in [2.45, 2.75) is 71.4 Å². The lowest BCUT2D eigenvalue weighted by atomic mass is 9.85. The summed E-state index contributed by atoms with van der Waals surface area (Å²) in [5, 5.41) is 9.22. The molecule has 0 saturated heterocycles. The number of aliphatic hydroxyl groups is 1. The van der Waals surface area contributed by atoms with E-state index >= 15 is 0 Å². The van der Waals surface area contributed by atoms with Gasteiger partial charge in [-0.1, -0.05) is 40.0 Å². The van der Waals surface area contributed by atoms with Gasteiger partial charge in [0.05, 0.1) is 6.61 Å². The number of nitrogens with zero attached hydrogens (tertiary/aromatic N) is 1. The highest BCUT2D eigenvalue weighted by atomic mass is 16.3. The Morgan fingerprint density at radius 2 is 1.78 bits per heavy atom. The van der Waals surface area contributed by atoms with Crippen LogP contribution in [-0.4, -0.2) is 41.8 Å². The third-order valence-corrected chi connectivity index (χ3v) is 4.32. The Morgan fingerprint density at radius 3 is 2.28 bits per heavy atom. The second-order valence-electron chi connectivity index (χ2n) is 6.81. The Balaban J connectivity index is 2.42. The summed E-state index contributed by atoms with van der Waals surface area (Å²) in [6.07, 6.45) is 7.69. The molecule has 0 heterocycles. The van der Waals surface area contributed by atoms with E-state index in [0.29, 0.717) is 6.04 Å². The Labute approximate surface area is 113 Å². The molecule has 1 aliphatic carbocycles. The van der Waals surface area contributed by atoms with Gasteiger partial charge in [-0.15, -0.1) is 0 Å². The van der Waals surface area contributed by atoms with Gasteiger partial charge in [-0.2, -0.15) is 0 Å². The molecule has 0 spiro atoms. The highest BCUT2D eigenvalue weighted by molar-refractivity contribution is 4.81. The summed E-state index contributed by atoms with van der Waals surface area (Å²) in [5.41, 5.74) is 6.41. The number of nitrogens with two attached hydrogens (primary N) is 1. The van der Waals surface area contributed by atoms with Gasteiger partial charge >= 0.3 is 0 Å². The Bertz CT molecular complexity index is 219. The van der Waals surface area contributed by atoms with Gasteiger partial charge in [0, 0.05) is 25.2 Å². The Kier molecular flexibility index (Phi) is 6.61. The van der Waals surface area contributed by atoms with Crippen LogP contribution in [0.25, 0.3) is 0 Å². The predicted molar refractivity (Wildman–Crippen MR) is 77.6 cm³/mol. The lowest BCUT2D eigenvalue weighted by molar-refractivity contribution is 0.114.